The average Bonchev–Trinajstić information content (AvgIpc) is 2.30. The summed E-state index contributed by atoms with van der Waals surface area (Å²) in [5.74, 6) is -4.62. The lowest BCUT2D eigenvalue weighted by Gasteiger charge is -2.10. The van der Waals surface area contributed by atoms with Gasteiger partial charge in [-0.15, -0.1) is 0 Å². The van der Waals surface area contributed by atoms with Gasteiger partial charge in [0.05, 0.1) is 13.2 Å². The highest BCUT2D eigenvalue weighted by Crippen LogP contribution is 2.08. The van der Waals surface area contributed by atoms with E-state index in [2.05, 4.69) is 14.2 Å². The van der Waals surface area contributed by atoms with E-state index in [1.54, 1.807) is 6.92 Å². The third-order valence-corrected chi connectivity index (χ3v) is 1.94. The highest BCUT2D eigenvalue weighted by atomic mass is 16.7. The van der Waals surface area contributed by atoms with Crippen LogP contribution in [0.3, 0.4) is 0 Å². The number of ether oxygens (including phenoxy) is 3. The van der Waals surface area contributed by atoms with Crippen molar-refractivity contribution in [1.29, 1.82) is 0 Å². The average molecular weight is 260 g/mol. The lowest BCUT2D eigenvalue weighted by molar-refractivity contribution is -0.160. The van der Waals surface area contributed by atoms with E-state index in [0.29, 0.717) is 0 Å². The van der Waals surface area contributed by atoms with E-state index in [-0.39, 0.29) is 19.6 Å². The number of carbonyl (C=O) groups is 4. The SMILES string of the molecule is CCOC(=O)OC(=O)C(=O)C(CC)C(=O)OCC. The zero-order chi connectivity index (χ0) is 14.1. The van der Waals surface area contributed by atoms with E-state index in [1.165, 1.54) is 13.8 Å². The number of rotatable bonds is 6. The van der Waals surface area contributed by atoms with Crippen molar-refractivity contribution in [3.8, 4) is 0 Å². The van der Waals surface area contributed by atoms with Crippen LogP contribution in [-0.4, -0.2) is 37.1 Å². The molecule has 0 bridgehead atoms. The van der Waals surface area contributed by atoms with Gasteiger partial charge in [0.2, 0.25) is 0 Å². The topological polar surface area (TPSA) is 96.0 Å². The monoisotopic (exact) mass is 260 g/mol. The summed E-state index contributed by atoms with van der Waals surface area (Å²) in [5, 5.41) is 0. The minimum absolute atomic E-state index is 0.00931. The van der Waals surface area contributed by atoms with Crippen LogP contribution in [0.25, 0.3) is 0 Å². The molecule has 1 unspecified atom stereocenters. The molecule has 0 heterocycles. The quantitative estimate of drug-likeness (QED) is 0.396. The standard InChI is InChI=1S/C11H16O7/c1-4-7(9(13)16-5-2)8(12)10(14)18-11(15)17-6-3/h7H,4-6H2,1-3H3. The third kappa shape index (κ3) is 4.94. The van der Waals surface area contributed by atoms with Crippen molar-refractivity contribution in [3.05, 3.63) is 0 Å². The number of ketones is 1. The van der Waals surface area contributed by atoms with E-state index in [0.717, 1.165) is 0 Å². The molecule has 0 radical (unpaired) electrons. The molecule has 0 rings (SSSR count). The highest BCUT2D eigenvalue weighted by molar-refractivity contribution is 6.39. The van der Waals surface area contributed by atoms with Crippen LogP contribution in [0.4, 0.5) is 4.79 Å². The first-order chi connectivity index (χ1) is 8.47. The Morgan fingerprint density at radius 2 is 1.50 bits per heavy atom. The Kier molecular flexibility index (Phi) is 7.34. The normalized spacial score (nSPS) is 11.3. The van der Waals surface area contributed by atoms with Gasteiger partial charge in [-0.2, -0.15) is 0 Å². The molecule has 0 aromatic heterocycles. The summed E-state index contributed by atoms with van der Waals surface area (Å²) < 4.78 is 13.1. The number of hydrogen-bond acceptors (Lipinski definition) is 7. The van der Waals surface area contributed by atoms with Crippen molar-refractivity contribution < 1.29 is 33.4 Å². The van der Waals surface area contributed by atoms with Crippen molar-refractivity contribution in [2.75, 3.05) is 13.2 Å². The molecule has 18 heavy (non-hydrogen) atoms. The summed E-state index contributed by atoms with van der Waals surface area (Å²) in [7, 11) is 0. The van der Waals surface area contributed by atoms with Crippen LogP contribution in [0.1, 0.15) is 27.2 Å². The molecule has 0 N–H and O–H groups in total. The van der Waals surface area contributed by atoms with Crippen molar-refractivity contribution in [3.63, 3.8) is 0 Å². The smallest absolute Gasteiger partial charge is 0.465 e. The molecule has 7 heteroatoms. The Morgan fingerprint density at radius 3 is 1.94 bits per heavy atom. The van der Waals surface area contributed by atoms with E-state index < -0.39 is 29.8 Å². The second-order valence-electron chi connectivity index (χ2n) is 3.15. The van der Waals surface area contributed by atoms with E-state index in [1.807, 2.05) is 0 Å². The molecule has 0 aliphatic rings. The summed E-state index contributed by atoms with van der Waals surface area (Å²) in [5.41, 5.74) is 0. The van der Waals surface area contributed by atoms with E-state index in [4.69, 9.17) is 0 Å². The Bertz CT molecular complexity index is 334. The summed E-state index contributed by atoms with van der Waals surface area (Å²) in [6.07, 6.45) is -1.19. The Balaban J connectivity index is 4.54. The molecular weight excluding hydrogens is 244 g/mol. The van der Waals surface area contributed by atoms with Crippen molar-refractivity contribution >= 4 is 23.9 Å². The highest BCUT2D eigenvalue weighted by Gasteiger charge is 2.33. The number of esters is 2. The molecule has 1 atom stereocenters. The second-order valence-corrected chi connectivity index (χ2v) is 3.15. The number of carbonyl (C=O) groups excluding carboxylic acids is 4. The molecule has 0 amide bonds. The molecule has 102 valence electrons. The van der Waals surface area contributed by atoms with E-state index in [9.17, 15) is 19.2 Å². The van der Waals surface area contributed by atoms with Gasteiger partial charge in [0.15, 0.2) is 0 Å². The molecule has 0 saturated heterocycles. The molecule has 0 aliphatic heterocycles. The van der Waals surface area contributed by atoms with Crippen LogP contribution in [0.2, 0.25) is 0 Å². The van der Waals surface area contributed by atoms with Crippen LogP contribution in [0.5, 0.6) is 0 Å². The van der Waals surface area contributed by atoms with Crippen LogP contribution >= 0.6 is 0 Å². The van der Waals surface area contributed by atoms with Crippen molar-refractivity contribution in [2.45, 2.75) is 27.2 Å². The fourth-order valence-corrected chi connectivity index (χ4v) is 1.12. The summed E-state index contributed by atoms with van der Waals surface area (Å²) >= 11 is 0. The fourth-order valence-electron chi connectivity index (χ4n) is 1.12. The summed E-state index contributed by atoms with van der Waals surface area (Å²) in [4.78, 5) is 45.0. The van der Waals surface area contributed by atoms with Crippen LogP contribution < -0.4 is 0 Å². The first-order valence-corrected chi connectivity index (χ1v) is 5.57. The summed E-state index contributed by atoms with van der Waals surface area (Å²) in [6, 6.07) is 0. The van der Waals surface area contributed by atoms with Crippen LogP contribution in [0, 0.1) is 5.92 Å². The fraction of sp³-hybridized carbons (Fsp3) is 0.636. The van der Waals surface area contributed by atoms with Gasteiger partial charge < -0.3 is 14.2 Å². The first-order valence-electron chi connectivity index (χ1n) is 5.57. The maximum absolute atomic E-state index is 11.5. The van der Waals surface area contributed by atoms with Gasteiger partial charge in [-0.05, 0) is 20.3 Å². The van der Waals surface area contributed by atoms with Crippen molar-refractivity contribution in [2.24, 2.45) is 5.92 Å². The number of Topliss-reactive ketones (excluding diaryl/α,β-unsaturated/α-hetero) is 1. The molecule has 0 spiro atoms. The molecule has 7 nitrogen and oxygen atoms in total. The van der Waals surface area contributed by atoms with E-state index >= 15 is 0 Å². The molecule has 0 fully saturated rings. The van der Waals surface area contributed by atoms with Gasteiger partial charge in [0, 0.05) is 0 Å². The molecule has 0 aromatic rings. The minimum atomic E-state index is -1.42. The Hall–Kier alpha value is -1.92. The van der Waals surface area contributed by atoms with Gasteiger partial charge in [-0.3, -0.25) is 9.59 Å². The molecule has 0 aromatic carbocycles. The van der Waals surface area contributed by atoms with Gasteiger partial charge in [-0.25, -0.2) is 9.59 Å². The molecule has 0 saturated carbocycles. The maximum atomic E-state index is 11.5. The van der Waals surface area contributed by atoms with Gasteiger partial charge in [-0.1, -0.05) is 6.92 Å². The lowest BCUT2D eigenvalue weighted by Crippen LogP contribution is -2.33. The predicted molar refractivity (Wildman–Crippen MR) is 58.5 cm³/mol. The first kappa shape index (κ1) is 16.1. The van der Waals surface area contributed by atoms with Gasteiger partial charge in [0.25, 0.3) is 5.78 Å². The molecule has 0 aliphatic carbocycles. The Labute approximate surface area is 104 Å². The van der Waals surface area contributed by atoms with Crippen LogP contribution in [0.15, 0.2) is 0 Å². The zero-order valence-corrected chi connectivity index (χ0v) is 10.6. The zero-order valence-electron chi connectivity index (χ0n) is 10.6. The van der Waals surface area contributed by atoms with Crippen molar-refractivity contribution in [1.82, 2.24) is 0 Å². The lowest BCUT2D eigenvalue weighted by atomic mass is 10.0. The summed E-state index contributed by atoms with van der Waals surface area (Å²) in [6.45, 7) is 4.73. The predicted octanol–water partition coefficient (Wildman–Crippen LogP) is 0.845. The van der Waals surface area contributed by atoms with Crippen LogP contribution in [-0.2, 0) is 28.6 Å². The maximum Gasteiger partial charge on any atom is 0.516 e. The largest absolute Gasteiger partial charge is 0.516 e. The third-order valence-electron chi connectivity index (χ3n) is 1.94. The Morgan fingerprint density at radius 1 is 0.944 bits per heavy atom. The minimum Gasteiger partial charge on any atom is -0.465 e. The number of hydrogen-bond donors (Lipinski definition) is 0. The molecular formula is C11H16O7. The van der Waals surface area contributed by atoms with Gasteiger partial charge >= 0.3 is 18.1 Å². The second kappa shape index (κ2) is 8.21. The van der Waals surface area contributed by atoms with Gasteiger partial charge in [0.1, 0.15) is 5.92 Å².